The lowest BCUT2D eigenvalue weighted by Crippen LogP contribution is -2.21. The lowest BCUT2D eigenvalue weighted by Gasteiger charge is -2.24. The van der Waals surface area contributed by atoms with Crippen LogP contribution in [0.15, 0.2) is 16.6 Å². The fourth-order valence-corrected chi connectivity index (χ4v) is 3.80. The maximum Gasteiger partial charge on any atom is 0.138 e. The van der Waals surface area contributed by atoms with Crippen LogP contribution in [0.4, 0.5) is 0 Å². The van der Waals surface area contributed by atoms with Crippen LogP contribution < -0.4 is 10.5 Å². The molecule has 1 aromatic carbocycles. The Morgan fingerprint density at radius 3 is 2.75 bits per heavy atom. The number of hydrogen-bond acceptors (Lipinski definition) is 3. The topological polar surface area (TPSA) is 38.5 Å². The van der Waals surface area contributed by atoms with E-state index in [1.54, 1.807) is 0 Å². The normalized spacial score (nSPS) is 27.0. The molecule has 4 heteroatoms. The van der Waals surface area contributed by atoms with Crippen molar-refractivity contribution >= 4 is 15.9 Å². The Labute approximate surface area is 129 Å². The lowest BCUT2D eigenvalue weighted by atomic mass is 9.97. The number of benzene rings is 1. The third kappa shape index (κ3) is 2.87. The predicted octanol–water partition coefficient (Wildman–Crippen LogP) is 3.25. The SMILES string of the molecule is Cc1cc(Br)c(OC2CC2)c(C2CC(CN)CN2C)c1. The van der Waals surface area contributed by atoms with E-state index >= 15 is 0 Å². The Balaban J connectivity index is 1.94. The van der Waals surface area contributed by atoms with E-state index in [1.165, 1.54) is 24.0 Å². The predicted molar refractivity (Wildman–Crippen MR) is 85.1 cm³/mol. The summed E-state index contributed by atoms with van der Waals surface area (Å²) in [6.45, 7) is 3.99. The van der Waals surface area contributed by atoms with Crippen LogP contribution in [0.25, 0.3) is 0 Å². The molecule has 0 bridgehead atoms. The third-order valence-corrected chi connectivity index (χ3v) is 4.94. The summed E-state index contributed by atoms with van der Waals surface area (Å²) in [5, 5.41) is 0. The molecule has 0 radical (unpaired) electrons. The minimum Gasteiger partial charge on any atom is -0.489 e. The average molecular weight is 339 g/mol. The molecule has 1 aliphatic carbocycles. The Morgan fingerprint density at radius 2 is 2.15 bits per heavy atom. The molecule has 1 saturated heterocycles. The van der Waals surface area contributed by atoms with Crippen molar-refractivity contribution in [3.05, 3.63) is 27.7 Å². The van der Waals surface area contributed by atoms with Crippen molar-refractivity contribution in [3.63, 3.8) is 0 Å². The number of ether oxygens (including phenoxy) is 1. The smallest absolute Gasteiger partial charge is 0.138 e. The molecule has 2 atom stereocenters. The Hall–Kier alpha value is -0.580. The van der Waals surface area contributed by atoms with Crippen LogP contribution in [0.3, 0.4) is 0 Å². The van der Waals surface area contributed by atoms with Gasteiger partial charge in [0.25, 0.3) is 0 Å². The zero-order valence-corrected chi connectivity index (χ0v) is 13.8. The molecule has 0 aromatic heterocycles. The molecule has 110 valence electrons. The first kappa shape index (κ1) is 14.4. The van der Waals surface area contributed by atoms with Crippen molar-refractivity contribution in [1.29, 1.82) is 0 Å². The van der Waals surface area contributed by atoms with Gasteiger partial charge in [0.2, 0.25) is 0 Å². The second-order valence-corrected chi connectivity index (χ2v) is 7.13. The summed E-state index contributed by atoms with van der Waals surface area (Å²) in [6, 6.07) is 4.85. The van der Waals surface area contributed by atoms with Crippen LogP contribution in [0, 0.1) is 12.8 Å². The zero-order chi connectivity index (χ0) is 14.3. The number of likely N-dealkylation sites (tertiary alicyclic amines) is 1. The van der Waals surface area contributed by atoms with Crippen molar-refractivity contribution in [2.45, 2.75) is 38.3 Å². The maximum atomic E-state index is 6.17. The molecule has 3 rings (SSSR count). The van der Waals surface area contributed by atoms with E-state index in [9.17, 15) is 0 Å². The fourth-order valence-electron chi connectivity index (χ4n) is 3.12. The van der Waals surface area contributed by atoms with Gasteiger partial charge >= 0.3 is 0 Å². The number of aryl methyl sites for hydroxylation is 1. The molecule has 3 nitrogen and oxygen atoms in total. The summed E-state index contributed by atoms with van der Waals surface area (Å²) >= 11 is 3.69. The highest BCUT2D eigenvalue weighted by Crippen LogP contribution is 2.44. The van der Waals surface area contributed by atoms with Crippen molar-refractivity contribution in [1.82, 2.24) is 4.90 Å². The largest absolute Gasteiger partial charge is 0.489 e. The van der Waals surface area contributed by atoms with E-state index in [-0.39, 0.29) is 0 Å². The van der Waals surface area contributed by atoms with Crippen LogP contribution >= 0.6 is 15.9 Å². The first-order valence-electron chi connectivity index (χ1n) is 7.45. The Morgan fingerprint density at radius 1 is 1.40 bits per heavy atom. The van der Waals surface area contributed by atoms with Gasteiger partial charge in [-0.1, -0.05) is 6.07 Å². The highest BCUT2D eigenvalue weighted by atomic mass is 79.9. The van der Waals surface area contributed by atoms with E-state index in [4.69, 9.17) is 10.5 Å². The van der Waals surface area contributed by atoms with Gasteiger partial charge in [-0.3, -0.25) is 4.90 Å². The Bertz CT molecular complexity index is 501. The van der Waals surface area contributed by atoms with E-state index in [0.717, 1.165) is 29.7 Å². The van der Waals surface area contributed by atoms with Gasteiger partial charge in [0.15, 0.2) is 0 Å². The van der Waals surface area contributed by atoms with Gasteiger partial charge in [0, 0.05) is 18.2 Å². The number of rotatable bonds is 4. The monoisotopic (exact) mass is 338 g/mol. The molecule has 2 N–H and O–H groups in total. The van der Waals surface area contributed by atoms with Gasteiger partial charge in [-0.15, -0.1) is 0 Å². The standard InChI is InChI=1S/C16H23BrN2O/c1-10-5-13(15-7-11(8-18)9-19(15)2)16(14(17)6-10)20-12-3-4-12/h5-6,11-12,15H,3-4,7-9,18H2,1-2H3. The van der Waals surface area contributed by atoms with Gasteiger partial charge in [-0.25, -0.2) is 0 Å². The Kier molecular flexibility index (Phi) is 4.07. The average Bonchev–Trinajstić information content (AvgIpc) is 3.14. The molecule has 2 unspecified atom stereocenters. The fraction of sp³-hybridized carbons (Fsp3) is 0.625. The maximum absolute atomic E-state index is 6.17. The minimum absolute atomic E-state index is 0.421. The molecule has 20 heavy (non-hydrogen) atoms. The van der Waals surface area contributed by atoms with Crippen molar-refractivity contribution in [2.24, 2.45) is 11.7 Å². The van der Waals surface area contributed by atoms with Crippen LogP contribution in [0.5, 0.6) is 5.75 Å². The highest BCUT2D eigenvalue weighted by Gasteiger charge is 2.34. The minimum atomic E-state index is 0.421. The second kappa shape index (κ2) is 5.66. The van der Waals surface area contributed by atoms with Crippen LogP contribution in [-0.4, -0.2) is 31.1 Å². The molecule has 2 fully saturated rings. The van der Waals surface area contributed by atoms with Gasteiger partial charge in [-0.2, -0.15) is 0 Å². The molecule has 1 aromatic rings. The number of nitrogens with two attached hydrogens (primary N) is 1. The molecular formula is C16H23BrN2O. The van der Waals surface area contributed by atoms with Crippen LogP contribution in [0.1, 0.15) is 36.4 Å². The molecule has 1 aliphatic heterocycles. The van der Waals surface area contributed by atoms with Crippen LogP contribution in [0.2, 0.25) is 0 Å². The van der Waals surface area contributed by atoms with Gasteiger partial charge in [0.1, 0.15) is 5.75 Å². The van der Waals surface area contributed by atoms with Crippen LogP contribution in [-0.2, 0) is 0 Å². The third-order valence-electron chi connectivity index (χ3n) is 4.35. The van der Waals surface area contributed by atoms with Gasteiger partial charge in [0.05, 0.1) is 10.6 Å². The molecule has 2 aliphatic rings. The molecule has 0 amide bonds. The van der Waals surface area contributed by atoms with E-state index in [1.807, 2.05) is 0 Å². The zero-order valence-electron chi connectivity index (χ0n) is 12.2. The summed E-state index contributed by atoms with van der Waals surface area (Å²) in [5.41, 5.74) is 8.46. The lowest BCUT2D eigenvalue weighted by molar-refractivity contribution is 0.273. The summed E-state index contributed by atoms with van der Waals surface area (Å²) < 4.78 is 7.25. The number of halogens is 1. The van der Waals surface area contributed by atoms with Crippen molar-refractivity contribution < 1.29 is 4.74 Å². The van der Waals surface area contributed by atoms with Crippen molar-refractivity contribution in [3.8, 4) is 5.75 Å². The van der Waals surface area contributed by atoms with E-state index in [0.29, 0.717) is 18.1 Å². The summed E-state index contributed by atoms with van der Waals surface area (Å²) in [4.78, 5) is 2.42. The van der Waals surface area contributed by atoms with E-state index in [2.05, 4.69) is 46.9 Å². The molecule has 1 heterocycles. The molecular weight excluding hydrogens is 316 g/mol. The van der Waals surface area contributed by atoms with Gasteiger partial charge in [-0.05, 0) is 73.3 Å². The van der Waals surface area contributed by atoms with E-state index < -0.39 is 0 Å². The molecule has 0 spiro atoms. The first-order valence-corrected chi connectivity index (χ1v) is 8.24. The number of hydrogen-bond donors (Lipinski definition) is 1. The summed E-state index contributed by atoms with van der Waals surface area (Å²) in [7, 11) is 2.19. The highest BCUT2D eigenvalue weighted by molar-refractivity contribution is 9.10. The molecule has 1 saturated carbocycles. The second-order valence-electron chi connectivity index (χ2n) is 6.28. The van der Waals surface area contributed by atoms with Gasteiger partial charge < -0.3 is 10.5 Å². The first-order chi connectivity index (χ1) is 9.58. The summed E-state index contributed by atoms with van der Waals surface area (Å²) in [5.74, 6) is 1.64. The quantitative estimate of drug-likeness (QED) is 0.915. The summed E-state index contributed by atoms with van der Waals surface area (Å²) in [6.07, 6.45) is 3.92. The van der Waals surface area contributed by atoms with Crippen molar-refractivity contribution in [2.75, 3.05) is 20.1 Å². The number of nitrogens with zero attached hydrogens (tertiary/aromatic N) is 1.